The fraction of sp³-hybridized carbons (Fsp3) is 0.455. The predicted molar refractivity (Wildman–Crippen MR) is 113 cm³/mol. The number of carbonyl (C=O) groups is 1. The lowest BCUT2D eigenvalue weighted by Crippen LogP contribution is -2.47. The highest BCUT2D eigenvalue weighted by atomic mass is 19.4. The fourth-order valence-electron chi connectivity index (χ4n) is 4.05. The van der Waals surface area contributed by atoms with Crippen molar-refractivity contribution in [2.75, 3.05) is 6.54 Å². The Morgan fingerprint density at radius 3 is 2.47 bits per heavy atom. The van der Waals surface area contributed by atoms with Gasteiger partial charge in [-0.2, -0.15) is 18.3 Å². The highest BCUT2D eigenvalue weighted by Gasteiger charge is 2.40. The number of hydrogen-bond donors (Lipinski definition) is 0. The van der Waals surface area contributed by atoms with E-state index in [-0.39, 0.29) is 11.3 Å². The molecule has 0 N–H and O–H groups in total. The lowest BCUT2D eigenvalue weighted by molar-refractivity contribution is -0.166. The number of carbonyl (C=O) groups excluding carboxylic acids is 1. The summed E-state index contributed by atoms with van der Waals surface area (Å²) in [5, 5.41) is 4.46. The lowest BCUT2D eigenvalue weighted by atomic mass is 10.1. The van der Waals surface area contributed by atoms with Gasteiger partial charge in [0.2, 0.25) is 5.91 Å². The van der Waals surface area contributed by atoms with Crippen LogP contribution in [0, 0.1) is 19.8 Å². The topological polar surface area (TPSA) is 73.0 Å². The Morgan fingerprint density at radius 2 is 1.88 bits per heavy atom. The molecule has 0 bridgehead atoms. The van der Waals surface area contributed by atoms with Gasteiger partial charge >= 0.3 is 6.18 Å². The summed E-state index contributed by atoms with van der Waals surface area (Å²) in [6.07, 6.45) is -0.360. The van der Waals surface area contributed by atoms with Gasteiger partial charge < -0.3 is 4.90 Å². The molecule has 1 aromatic carbocycles. The molecule has 0 radical (unpaired) electrons. The van der Waals surface area contributed by atoms with E-state index in [1.54, 1.807) is 6.92 Å². The third-order valence-corrected chi connectivity index (χ3v) is 5.78. The molecule has 1 amide bonds. The van der Waals surface area contributed by atoms with Gasteiger partial charge in [0.15, 0.2) is 5.65 Å². The highest BCUT2D eigenvalue weighted by Crippen LogP contribution is 2.36. The maximum absolute atomic E-state index is 13.1. The Balaban J connectivity index is 1.64. The van der Waals surface area contributed by atoms with Gasteiger partial charge in [-0.25, -0.2) is 9.67 Å². The molecular weight excluding hydrogens is 423 g/mol. The molecule has 4 rings (SSSR count). The summed E-state index contributed by atoms with van der Waals surface area (Å²) in [5.74, 6) is -0.693. The zero-order valence-electron chi connectivity index (χ0n) is 18.1. The van der Waals surface area contributed by atoms with Crippen LogP contribution in [0.1, 0.15) is 30.9 Å². The van der Waals surface area contributed by atoms with Crippen LogP contribution in [0.3, 0.4) is 0 Å². The van der Waals surface area contributed by atoms with E-state index in [9.17, 15) is 22.8 Å². The minimum Gasteiger partial charge on any atom is -0.329 e. The average molecular weight is 447 g/mol. The summed E-state index contributed by atoms with van der Waals surface area (Å²) in [6, 6.07) is 5.29. The third-order valence-electron chi connectivity index (χ3n) is 5.78. The quantitative estimate of drug-likeness (QED) is 0.581. The number of benzene rings is 1. The van der Waals surface area contributed by atoms with Gasteiger partial charge in [0, 0.05) is 6.04 Å². The second-order valence-corrected chi connectivity index (χ2v) is 8.53. The molecule has 170 valence electrons. The van der Waals surface area contributed by atoms with E-state index in [2.05, 4.69) is 10.1 Å². The highest BCUT2D eigenvalue weighted by molar-refractivity contribution is 5.78. The number of fused-ring (bicyclic) bond motifs is 1. The number of nitrogens with zero attached hydrogens (tertiary/aromatic N) is 5. The molecule has 1 fully saturated rings. The number of hydrogen-bond acceptors (Lipinski definition) is 4. The van der Waals surface area contributed by atoms with Crippen molar-refractivity contribution < 1.29 is 18.0 Å². The Kier molecular flexibility index (Phi) is 5.56. The number of halogens is 3. The van der Waals surface area contributed by atoms with Crippen LogP contribution in [0.15, 0.2) is 35.5 Å². The van der Waals surface area contributed by atoms with Crippen molar-refractivity contribution >= 4 is 16.9 Å². The van der Waals surface area contributed by atoms with Crippen LogP contribution in [0.4, 0.5) is 13.2 Å². The molecule has 2 aromatic heterocycles. The van der Waals surface area contributed by atoms with E-state index in [0.29, 0.717) is 5.65 Å². The number of aryl methyl sites for hydroxylation is 2. The molecule has 1 saturated carbocycles. The minimum absolute atomic E-state index is 0.0645. The molecule has 1 atom stereocenters. The molecule has 1 unspecified atom stereocenters. The average Bonchev–Trinajstić information content (AvgIpc) is 3.45. The fourth-order valence-corrected chi connectivity index (χ4v) is 4.05. The molecule has 2 heterocycles. The van der Waals surface area contributed by atoms with Crippen LogP contribution in [0.25, 0.3) is 16.7 Å². The van der Waals surface area contributed by atoms with E-state index in [1.807, 2.05) is 32.0 Å². The largest absolute Gasteiger partial charge is 0.406 e. The van der Waals surface area contributed by atoms with Crippen LogP contribution in [0.2, 0.25) is 0 Å². The van der Waals surface area contributed by atoms with Crippen LogP contribution in [-0.4, -0.2) is 48.9 Å². The van der Waals surface area contributed by atoms with Crippen molar-refractivity contribution in [3.8, 4) is 5.69 Å². The Hall–Kier alpha value is -3.17. The smallest absolute Gasteiger partial charge is 0.329 e. The van der Waals surface area contributed by atoms with Crippen LogP contribution >= 0.6 is 0 Å². The maximum atomic E-state index is 13.1. The van der Waals surface area contributed by atoms with Gasteiger partial charge in [0.1, 0.15) is 24.8 Å². The molecule has 10 heteroatoms. The Labute approximate surface area is 182 Å². The van der Waals surface area contributed by atoms with E-state index >= 15 is 0 Å². The molecule has 3 aromatic rings. The van der Waals surface area contributed by atoms with Crippen LogP contribution in [-0.2, 0) is 11.3 Å². The van der Waals surface area contributed by atoms with E-state index in [0.717, 1.165) is 39.1 Å². The minimum atomic E-state index is -4.51. The Morgan fingerprint density at radius 1 is 1.22 bits per heavy atom. The van der Waals surface area contributed by atoms with Crippen molar-refractivity contribution in [2.24, 2.45) is 5.92 Å². The standard InChI is InChI=1S/C22H24F3N5O2/c1-13-6-14(2)8-17(7-13)30-20-18(9-27-30)21(32)28(12-26-20)10-19(31)29(11-22(23,24)25)15(3)16-4-5-16/h6-9,12,15-16H,4-5,10-11H2,1-3H3. The van der Waals surface area contributed by atoms with Gasteiger partial charge in [-0.05, 0) is 62.8 Å². The molecule has 7 nitrogen and oxygen atoms in total. The molecule has 0 saturated heterocycles. The molecular formula is C22H24F3N5O2. The SMILES string of the molecule is Cc1cc(C)cc(-n2ncc3c(=O)n(CC(=O)N(CC(F)(F)F)C(C)C4CC4)cnc32)c1. The second-order valence-electron chi connectivity index (χ2n) is 8.53. The van der Waals surface area contributed by atoms with Crippen molar-refractivity contribution in [2.45, 2.75) is 52.4 Å². The molecule has 1 aliphatic rings. The summed E-state index contributed by atoms with van der Waals surface area (Å²) >= 11 is 0. The monoisotopic (exact) mass is 447 g/mol. The van der Waals surface area contributed by atoms with Gasteiger partial charge in [-0.3, -0.25) is 14.2 Å². The second kappa shape index (κ2) is 8.07. The van der Waals surface area contributed by atoms with Crippen LogP contribution in [0.5, 0.6) is 0 Å². The first kappa shape index (κ1) is 22.0. The summed E-state index contributed by atoms with van der Waals surface area (Å²) in [6.45, 7) is 3.68. The molecule has 0 aliphatic heterocycles. The summed E-state index contributed by atoms with van der Waals surface area (Å²) in [7, 11) is 0. The number of rotatable bonds is 6. The first-order chi connectivity index (χ1) is 15.0. The van der Waals surface area contributed by atoms with Crippen molar-refractivity contribution in [3.05, 3.63) is 52.2 Å². The van der Waals surface area contributed by atoms with Crippen molar-refractivity contribution in [3.63, 3.8) is 0 Å². The first-order valence-electron chi connectivity index (χ1n) is 10.4. The normalized spacial score (nSPS) is 15.2. The van der Waals surface area contributed by atoms with Gasteiger partial charge in [0.05, 0.1) is 11.9 Å². The van der Waals surface area contributed by atoms with Crippen LogP contribution < -0.4 is 5.56 Å². The number of amides is 1. The first-order valence-corrected chi connectivity index (χ1v) is 10.4. The maximum Gasteiger partial charge on any atom is 0.406 e. The van der Waals surface area contributed by atoms with Gasteiger partial charge in [-0.15, -0.1) is 0 Å². The summed E-state index contributed by atoms with van der Waals surface area (Å²) in [5.41, 5.74) is 2.59. The van der Waals surface area contributed by atoms with Gasteiger partial charge in [-0.1, -0.05) is 6.07 Å². The zero-order valence-corrected chi connectivity index (χ0v) is 18.1. The molecule has 32 heavy (non-hydrogen) atoms. The van der Waals surface area contributed by atoms with E-state index in [4.69, 9.17) is 0 Å². The lowest BCUT2D eigenvalue weighted by Gasteiger charge is -2.30. The third kappa shape index (κ3) is 4.53. The summed E-state index contributed by atoms with van der Waals surface area (Å²) < 4.78 is 41.8. The Bertz CT molecular complexity index is 1210. The molecule has 1 aliphatic carbocycles. The predicted octanol–water partition coefficient (Wildman–Crippen LogP) is 3.39. The van der Waals surface area contributed by atoms with E-state index < -0.39 is 36.8 Å². The number of alkyl halides is 3. The summed E-state index contributed by atoms with van der Waals surface area (Å²) in [4.78, 5) is 30.8. The van der Waals surface area contributed by atoms with Gasteiger partial charge in [0.25, 0.3) is 5.56 Å². The zero-order chi connectivity index (χ0) is 23.2. The molecule has 0 spiro atoms. The van der Waals surface area contributed by atoms with E-state index in [1.165, 1.54) is 17.2 Å². The van der Waals surface area contributed by atoms with Crippen molar-refractivity contribution in [1.29, 1.82) is 0 Å². The van der Waals surface area contributed by atoms with Crippen molar-refractivity contribution in [1.82, 2.24) is 24.2 Å². The number of aromatic nitrogens is 4.